The van der Waals surface area contributed by atoms with Crippen molar-refractivity contribution >= 4 is 17.8 Å². The van der Waals surface area contributed by atoms with Crippen LogP contribution in [0.2, 0.25) is 0 Å². The van der Waals surface area contributed by atoms with Crippen molar-refractivity contribution in [1.82, 2.24) is 4.90 Å². The van der Waals surface area contributed by atoms with Crippen molar-refractivity contribution in [1.29, 1.82) is 0 Å². The highest BCUT2D eigenvalue weighted by molar-refractivity contribution is 5.96. The van der Waals surface area contributed by atoms with Gasteiger partial charge in [-0.15, -0.1) is 0 Å². The third-order valence-electron chi connectivity index (χ3n) is 6.29. The fourth-order valence-electron chi connectivity index (χ4n) is 4.99. The number of rotatable bonds is 1. The number of carbonyl (C=O) groups excluding carboxylic acids is 1. The van der Waals surface area contributed by atoms with Crippen molar-refractivity contribution in [2.75, 3.05) is 6.54 Å². The summed E-state index contributed by atoms with van der Waals surface area (Å²) in [6.45, 7) is 2.80. The Morgan fingerprint density at radius 2 is 2.08 bits per heavy atom. The average molecular weight is 346 g/mol. The van der Waals surface area contributed by atoms with E-state index in [1.807, 2.05) is 37.4 Å². The summed E-state index contributed by atoms with van der Waals surface area (Å²) in [7, 11) is 0. The number of phenolic OH excluding ortho intramolecular Hbond substituents is 1. The van der Waals surface area contributed by atoms with Crippen molar-refractivity contribution < 1.29 is 9.90 Å². The molecule has 4 nitrogen and oxygen atoms in total. The maximum atomic E-state index is 13.3. The second-order valence-corrected chi connectivity index (χ2v) is 7.66. The molecule has 26 heavy (non-hydrogen) atoms. The molecule has 0 radical (unpaired) electrons. The number of likely N-dealkylation sites (tertiary alicyclic amines) is 1. The molecule has 2 aliphatic heterocycles. The van der Waals surface area contributed by atoms with Gasteiger partial charge in [0.1, 0.15) is 5.75 Å². The van der Waals surface area contributed by atoms with Crippen LogP contribution in [0.15, 0.2) is 35.3 Å². The number of aromatic hydroxyl groups is 1. The Morgan fingerprint density at radius 3 is 2.96 bits per heavy atom. The van der Waals surface area contributed by atoms with Gasteiger partial charge in [-0.05, 0) is 66.6 Å². The number of phenols is 1. The van der Waals surface area contributed by atoms with Gasteiger partial charge in [0.05, 0.1) is 5.69 Å². The van der Waals surface area contributed by atoms with E-state index < -0.39 is 0 Å². The van der Waals surface area contributed by atoms with E-state index in [4.69, 9.17) is 0 Å². The largest absolute Gasteiger partial charge is 0.508 e. The predicted molar refractivity (Wildman–Crippen MR) is 102 cm³/mol. The van der Waals surface area contributed by atoms with E-state index in [2.05, 4.69) is 9.89 Å². The van der Waals surface area contributed by atoms with Gasteiger partial charge in [0, 0.05) is 36.7 Å². The molecule has 2 aromatic carbocycles. The summed E-state index contributed by atoms with van der Waals surface area (Å²) in [6, 6.07) is 9.92. The SMILES string of the molecule is Cc1c(O)ccc2c1[C@H]1CCCN(C(=O)c3ccc4c(c3)N=CC4)[C@H]1C2. The van der Waals surface area contributed by atoms with Crippen LogP contribution in [-0.4, -0.2) is 34.7 Å². The average Bonchev–Trinajstić information content (AvgIpc) is 3.27. The van der Waals surface area contributed by atoms with Gasteiger partial charge in [0.25, 0.3) is 5.91 Å². The van der Waals surface area contributed by atoms with Crippen LogP contribution in [-0.2, 0) is 12.8 Å². The highest BCUT2D eigenvalue weighted by atomic mass is 16.3. The fraction of sp³-hybridized carbons (Fsp3) is 0.364. The monoisotopic (exact) mass is 346 g/mol. The van der Waals surface area contributed by atoms with Crippen molar-refractivity contribution in [2.45, 2.75) is 44.6 Å². The second kappa shape index (κ2) is 5.70. The van der Waals surface area contributed by atoms with E-state index in [0.29, 0.717) is 11.7 Å². The molecule has 0 unspecified atom stereocenters. The van der Waals surface area contributed by atoms with Crippen LogP contribution in [0.5, 0.6) is 5.75 Å². The molecule has 0 saturated carbocycles. The first-order valence-electron chi connectivity index (χ1n) is 9.41. The Balaban J connectivity index is 1.48. The number of hydrogen-bond donors (Lipinski definition) is 1. The maximum Gasteiger partial charge on any atom is 0.254 e. The van der Waals surface area contributed by atoms with Crippen molar-refractivity contribution in [3.63, 3.8) is 0 Å². The summed E-state index contributed by atoms with van der Waals surface area (Å²) in [5, 5.41) is 10.1. The van der Waals surface area contributed by atoms with E-state index >= 15 is 0 Å². The number of carbonyl (C=O) groups is 1. The van der Waals surface area contributed by atoms with Gasteiger partial charge >= 0.3 is 0 Å². The molecule has 2 heterocycles. The number of amides is 1. The van der Waals surface area contributed by atoms with E-state index in [-0.39, 0.29) is 11.9 Å². The van der Waals surface area contributed by atoms with Gasteiger partial charge in [0.15, 0.2) is 0 Å². The second-order valence-electron chi connectivity index (χ2n) is 7.66. The van der Waals surface area contributed by atoms with Gasteiger partial charge in [-0.25, -0.2) is 0 Å². The standard InChI is InChI=1S/C22H22N2O2/c1-13-20(25)7-6-15-12-19-17(21(13)15)3-2-10-24(19)22(26)16-5-4-14-8-9-23-18(14)11-16/h4-7,9,11,17,19,25H,2-3,8,10,12H2,1H3/t17-,19-/m0/s1. The topological polar surface area (TPSA) is 52.9 Å². The molecule has 1 fully saturated rings. The zero-order chi connectivity index (χ0) is 17.8. The molecule has 1 saturated heterocycles. The zero-order valence-corrected chi connectivity index (χ0v) is 14.9. The summed E-state index contributed by atoms with van der Waals surface area (Å²) in [6.07, 6.45) is 5.73. The van der Waals surface area contributed by atoms with E-state index in [1.165, 1.54) is 16.7 Å². The van der Waals surface area contributed by atoms with Crippen molar-refractivity contribution in [3.8, 4) is 5.75 Å². The Bertz CT molecular complexity index is 947. The first kappa shape index (κ1) is 15.6. The summed E-state index contributed by atoms with van der Waals surface area (Å²) in [5.41, 5.74) is 6.40. The Hall–Kier alpha value is -2.62. The molecule has 2 atom stereocenters. The molecule has 5 rings (SSSR count). The van der Waals surface area contributed by atoms with Crippen LogP contribution in [0.3, 0.4) is 0 Å². The molecule has 3 aliphatic rings. The third kappa shape index (κ3) is 2.21. The lowest BCUT2D eigenvalue weighted by molar-refractivity contribution is 0.0595. The molecule has 0 spiro atoms. The number of hydrogen-bond acceptors (Lipinski definition) is 3. The number of nitrogens with zero attached hydrogens (tertiary/aromatic N) is 2. The number of aliphatic imine (C=N–C) groups is 1. The minimum atomic E-state index is 0.110. The first-order valence-corrected chi connectivity index (χ1v) is 9.41. The van der Waals surface area contributed by atoms with Gasteiger partial charge in [-0.2, -0.15) is 0 Å². The molecule has 4 heteroatoms. The summed E-state index contributed by atoms with van der Waals surface area (Å²) in [4.78, 5) is 19.7. The molecule has 1 amide bonds. The fourth-order valence-corrected chi connectivity index (χ4v) is 4.99. The highest BCUT2D eigenvalue weighted by Crippen LogP contribution is 2.45. The van der Waals surface area contributed by atoms with Crippen LogP contribution >= 0.6 is 0 Å². The lowest BCUT2D eigenvalue weighted by Crippen LogP contribution is -2.46. The summed E-state index contributed by atoms with van der Waals surface area (Å²) in [5.74, 6) is 0.811. The van der Waals surface area contributed by atoms with Crippen LogP contribution < -0.4 is 0 Å². The molecule has 132 valence electrons. The van der Waals surface area contributed by atoms with Crippen molar-refractivity contribution in [3.05, 3.63) is 58.1 Å². The van der Waals surface area contributed by atoms with E-state index in [9.17, 15) is 9.90 Å². The van der Waals surface area contributed by atoms with E-state index in [0.717, 1.165) is 49.0 Å². The highest BCUT2D eigenvalue weighted by Gasteiger charge is 2.42. The van der Waals surface area contributed by atoms with Gasteiger partial charge in [-0.3, -0.25) is 9.79 Å². The lowest BCUT2D eigenvalue weighted by Gasteiger charge is -2.38. The minimum absolute atomic E-state index is 0.110. The van der Waals surface area contributed by atoms with E-state index in [1.54, 1.807) is 6.07 Å². The molecular weight excluding hydrogens is 324 g/mol. The molecule has 0 aromatic heterocycles. The first-order chi connectivity index (χ1) is 12.6. The molecular formula is C22H22N2O2. The van der Waals surface area contributed by atoms with Gasteiger partial charge < -0.3 is 10.0 Å². The molecule has 2 aromatic rings. The van der Waals surface area contributed by atoms with Crippen LogP contribution in [0.25, 0.3) is 0 Å². The molecule has 1 aliphatic carbocycles. The molecule has 1 N–H and O–H groups in total. The summed E-state index contributed by atoms with van der Waals surface area (Å²) < 4.78 is 0. The Kier molecular flexibility index (Phi) is 3.42. The minimum Gasteiger partial charge on any atom is -0.508 e. The Labute approximate surface area is 153 Å². The number of benzene rings is 2. The van der Waals surface area contributed by atoms with Gasteiger partial charge in [-0.1, -0.05) is 12.1 Å². The van der Waals surface area contributed by atoms with Crippen LogP contribution in [0.1, 0.15) is 51.4 Å². The molecule has 0 bridgehead atoms. The smallest absolute Gasteiger partial charge is 0.254 e. The maximum absolute atomic E-state index is 13.3. The zero-order valence-electron chi connectivity index (χ0n) is 14.9. The third-order valence-corrected chi connectivity index (χ3v) is 6.29. The summed E-state index contributed by atoms with van der Waals surface area (Å²) >= 11 is 0. The number of piperidine rings is 1. The quantitative estimate of drug-likeness (QED) is 0.851. The van der Waals surface area contributed by atoms with Crippen LogP contribution in [0.4, 0.5) is 5.69 Å². The number of fused-ring (bicyclic) bond motifs is 4. The van der Waals surface area contributed by atoms with Crippen molar-refractivity contribution in [2.24, 2.45) is 4.99 Å². The normalized spacial score (nSPS) is 22.9. The predicted octanol–water partition coefficient (Wildman–Crippen LogP) is 3.90. The van der Waals surface area contributed by atoms with Gasteiger partial charge in [0.2, 0.25) is 0 Å². The Morgan fingerprint density at radius 1 is 1.23 bits per heavy atom. The van der Waals surface area contributed by atoms with Crippen LogP contribution in [0, 0.1) is 6.92 Å². The lowest BCUT2D eigenvalue weighted by atomic mass is 9.86.